The average Bonchev–Trinajstić information content (AvgIpc) is 3.21. The van der Waals surface area contributed by atoms with E-state index in [1.807, 2.05) is 49.4 Å². The number of hydrogen-bond acceptors (Lipinski definition) is 7. The maximum Gasteiger partial charge on any atom is 0.214 e. The number of para-hydroxylation sites is 1. The first kappa shape index (κ1) is 21.6. The zero-order chi connectivity index (χ0) is 20.5. The summed E-state index contributed by atoms with van der Waals surface area (Å²) in [4.78, 5) is 0. The zero-order valence-electron chi connectivity index (χ0n) is 16.5. The largest absolute Gasteiger partial charge is 0.493 e. The number of halogens is 1. The molecule has 0 aliphatic carbocycles. The van der Waals surface area contributed by atoms with E-state index in [1.54, 1.807) is 23.6 Å². The molecule has 2 aromatic carbocycles. The first-order valence-electron chi connectivity index (χ1n) is 9.39. The molecular formula is C20H24BrN5O2S. The maximum atomic E-state index is 5.66. The van der Waals surface area contributed by atoms with Gasteiger partial charge in [-0.2, -0.15) is 4.68 Å². The normalized spacial score (nSPS) is 10.9. The number of aromatic nitrogens is 4. The van der Waals surface area contributed by atoms with Gasteiger partial charge in [0.25, 0.3) is 0 Å². The van der Waals surface area contributed by atoms with Crippen LogP contribution in [-0.2, 0) is 6.54 Å². The molecule has 1 aromatic heterocycles. The highest BCUT2D eigenvalue weighted by Crippen LogP contribution is 2.33. The Labute approximate surface area is 183 Å². The lowest BCUT2D eigenvalue weighted by Crippen LogP contribution is -2.16. The summed E-state index contributed by atoms with van der Waals surface area (Å²) >= 11 is 5.26. The first-order valence-corrected chi connectivity index (χ1v) is 11.2. The molecule has 0 saturated carbocycles. The topological polar surface area (TPSA) is 74.1 Å². The molecule has 3 aromatic rings. The van der Waals surface area contributed by atoms with Crippen LogP contribution in [0.25, 0.3) is 5.69 Å². The quantitative estimate of drug-likeness (QED) is 0.329. The fourth-order valence-corrected chi connectivity index (χ4v) is 4.02. The summed E-state index contributed by atoms with van der Waals surface area (Å²) in [7, 11) is 1.65. The highest BCUT2D eigenvalue weighted by Gasteiger charge is 2.10. The van der Waals surface area contributed by atoms with Crippen molar-refractivity contribution in [2.24, 2.45) is 0 Å². The Kier molecular flexibility index (Phi) is 8.33. The molecule has 1 N–H and O–H groups in total. The van der Waals surface area contributed by atoms with Crippen LogP contribution < -0.4 is 14.8 Å². The van der Waals surface area contributed by atoms with Gasteiger partial charge in [0.1, 0.15) is 0 Å². The van der Waals surface area contributed by atoms with Crippen molar-refractivity contribution in [3.05, 3.63) is 52.5 Å². The highest BCUT2D eigenvalue weighted by atomic mass is 79.9. The summed E-state index contributed by atoms with van der Waals surface area (Å²) in [6, 6.07) is 13.9. The predicted molar refractivity (Wildman–Crippen MR) is 118 cm³/mol. The summed E-state index contributed by atoms with van der Waals surface area (Å²) in [6.07, 6.45) is 0.998. The van der Waals surface area contributed by atoms with Crippen LogP contribution in [0.3, 0.4) is 0 Å². The molecule has 154 valence electrons. The standard InChI is InChI=1S/C20H24BrN5O2S/c1-3-28-19-12-15(17(21)13-18(19)27-2)14-22-10-7-11-29-20-23-24-25-26(20)16-8-5-4-6-9-16/h4-6,8-9,12-13,22H,3,7,10-11,14H2,1-2H3. The van der Waals surface area contributed by atoms with Gasteiger partial charge in [-0.15, -0.1) is 5.10 Å². The molecule has 1 heterocycles. The Morgan fingerprint density at radius 3 is 2.76 bits per heavy atom. The lowest BCUT2D eigenvalue weighted by atomic mass is 10.2. The van der Waals surface area contributed by atoms with E-state index in [4.69, 9.17) is 9.47 Å². The van der Waals surface area contributed by atoms with E-state index < -0.39 is 0 Å². The molecule has 0 fully saturated rings. The van der Waals surface area contributed by atoms with Gasteiger partial charge in [0.2, 0.25) is 5.16 Å². The fraction of sp³-hybridized carbons (Fsp3) is 0.350. The molecule has 29 heavy (non-hydrogen) atoms. The molecule has 0 unspecified atom stereocenters. The number of tetrazole rings is 1. The van der Waals surface area contributed by atoms with Crippen LogP contribution in [0.4, 0.5) is 0 Å². The van der Waals surface area contributed by atoms with Gasteiger partial charge in [0.05, 0.1) is 19.4 Å². The third kappa shape index (κ3) is 5.94. The van der Waals surface area contributed by atoms with E-state index in [0.717, 1.165) is 57.6 Å². The summed E-state index contributed by atoms with van der Waals surface area (Å²) in [6.45, 7) is 4.20. The van der Waals surface area contributed by atoms with E-state index >= 15 is 0 Å². The number of rotatable bonds is 11. The Balaban J connectivity index is 1.45. The number of nitrogens with zero attached hydrogens (tertiary/aromatic N) is 4. The van der Waals surface area contributed by atoms with Crippen molar-refractivity contribution in [3.63, 3.8) is 0 Å². The van der Waals surface area contributed by atoms with E-state index in [0.29, 0.717) is 6.61 Å². The number of methoxy groups -OCH3 is 1. The number of nitrogens with one attached hydrogen (secondary N) is 1. The SMILES string of the molecule is CCOc1cc(CNCCCSc2nnnn2-c2ccccc2)c(Br)cc1OC. The van der Waals surface area contributed by atoms with Crippen molar-refractivity contribution in [2.45, 2.75) is 25.0 Å². The van der Waals surface area contributed by atoms with Crippen molar-refractivity contribution in [1.29, 1.82) is 0 Å². The fourth-order valence-electron chi connectivity index (χ4n) is 2.72. The van der Waals surface area contributed by atoms with E-state index in [1.165, 1.54) is 0 Å². The van der Waals surface area contributed by atoms with Gasteiger partial charge in [0, 0.05) is 16.8 Å². The maximum absolute atomic E-state index is 5.66. The molecule has 0 aliphatic rings. The van der Waals surface area contributed by atoms with Gasteiger partial charge >= 0.3 is 0 Å². The van der Waals surface area contributed by atoms with E-state index in [-0.39, 0.29) is 0 Å². The minimum atomic E-state index is 0.602. The summed E-state index contributed by atoms with van der Waals surface area (Å²) < 4.78 is 13.8. The molecule has 9 heteroatoms. The Morgan fingerprint density at radius 2 is 2.00 bits per heavy atom. The van der Waals surface area contributed by atoms with Crippen LogP contribution in [0.5, 0.6) is 11.5 Å². The lowest BCUT2D eigenvalue weighted by Gasteiger charge is -2.13. The molecular weight excluding hydrogens is 454 g/mol. The molecule has 0 aliphatic heterocycles. The van der Waals surface area contributed by atoms with Gasteiger partial charge in [-0.25, -0.2) is 0 Å². The second-order valence-corrected chi connectivity index (χ2v) is 8.03. The molecule has 7 nitrogen and oxygen atoms in total. The van der Waals surface area contributed by atoms with Crippen LogP contribution in [0.2, 0.25) is 0 Å². The number of hydrogen-bond donors (Lipinski definition) is 1. The molecule has 0 bridgehead atoms. The van der Waals surface area contributed by atoms with Crippen molar-refractivity contribution >= 4 is 27.7 Å². The van der Waals surface area contributed by atoms with Gasteiger partial charge in [-0.05, 0) is 60.1 Å². The molecule has 0 saturated heterocycles. The molecule has 0 atom stereocenters. The Hall–Kier alpha value is -2.10. The van der Waals surface area contributed by atoms with Gasteiger partial charge in [0.15, 0.2) is 11.5 Å². The molecule has 0 amide bonds. The monoisotopic (exact) mass is 477 g/mol. The van der Waals surface area contributed by atoms with Crippen molar-refractivity contribution in [1.82, 2.24) is 25.5 Å². The van der Waals surface area contributed by atoms with E-state index in [9.17, 15) is 0 Å². The molecule has 0 radical (unpaired) electrons. The second-order valence-electron chi connectivity index (χ2n) is 6.12. The smallest absolute Gasteiger partial charge is 0.214 e. The first-order chi connectivity index (χ1) is 14.2. The minimum absolute atomic E-state index is 0.602. The number of benzene rings is 2. The summed E-state index contributed by atoms with van der Waals surface area (Å²) in [5.74, 6) is 2.42. The van der Waals surface area contributed by atoms with Crippen molar-refractivity contribution < 1.29 is 9.47 Å². The van der Waals surface area contributed by atoms with Crippen LogP contribution in [0.15, 0.2) is 52.1 Å². The van der Waals surface area contributed by atoms with Gasteiger partial charge in [-0.1, -0.05) is 45.9 Å². The summed E-state index contributed by atoms with van der Waals surface area (Å²) in [5, 5.41) is 16.3. The number of thioether (sulfide) groups is 1. The van der Waals surface area contributed by atoms with Crippen molar-refractivity contribution in [3.8, 4) is 17.2 Å². The predicted octanol–water partition coefficient (Wildman–Crippen LogP) is 4.10. The van der Waals surface area contributed by atoms with Crippen LogP contribution in [0, 0.1) is 0 Å². The van der Waals surface area contributed by atoms with Crippen LogP contribution >= 0.6 is 27.7 Å². The Bertz CT molecular complexity index is 907. The van der Waals surface area contributed by atoms with Crippen LogP contribution in [-0.4, -0.2) is 46.2 Å². The average molecular weight is 478 g/mol. The molecule has 3 rings (SSSR count). The van der Waals surface area contributed by atoms with Gasteiger partial charge < -0.3 is 14.8 Å². The third-order valence-electron chi connectivity index (χ3n) is 4.12. The van der Waals surface area contributed by atoms with Gasteiger partial charge in [-0.3, -0.25) is 0 Å². The second kappa shape index (κ2) is 11.2. The zero-order valence-corrected chi connectivity index (χ0v) is 18.9. The number of ether oxygens (including phenoxy) is 2. The third-order valence-corrected chi connectivity index (χ3v) is 5.86. The Morgan fingerprint density at radius 1 is 1.17 bits per heavy atom. The molecule has 0 spiro atoms. The highest BCUT2D eigenvalue weighted by molar-refractivity contribution is 9.10. The van der Waals surface area contributed by atoms with E-state index in [2.05, 4.69) is 36.8 Å². The lowest BCUT2D eigenvalue weighted by molar-refractivity contribution is 0.310. The minimum Gasteiger partial charge on any atom is -0.493 e. The van der Waals surface area contributed by atoms with Crippen molar-refractivity contribution in [2.75, 3.05) is 26.0 Å². The summed E-state index contributed by atoms with van der Waals surface area (Å²) in [5.41, 5.74) is 2.10. The van der Waals surface area contributed by atoms with Crippen LogP contribution in [0.1, 0.15) is 18.9 Å².